The van der Waals surface area contributed by atoms with Gasteiger partial charge in [0.2, 0.25) is 6.41 Å². The average molecular weight is 251 g/mol. The lowest BCUT2D eigenvalue weighted by Gasteiger charge is -2.23. The van der Waals surface area contributed by atoms with E-state index in [4.69, 9.17) is 9.84 Å². The topological polar surface area (TPSA) is 75.6 Å². The normalized spacial score (nSPS) is 13.6. The molecular formula is C13H17NO4. The van der Waals surface area contributed by atoms with Gasteiger partial charge in [0.05, 0.1) is 6.61 Å². The maximum Gasteiger partial charge on any atom is 0.329 e. The van der Waals surface area contributed by atoms with Gasteiger partial charge >= 0.3 is 5.97 Å². The summed E-state index contributed by atoms with van der Waals surface area (Å²) in [4.78, 5) is 21.4. The Bertz CT molecular complexity index is 393. The molecule has 0 aliphatic carbocycles. The van der Waals surface area contributed by atoms with Crippen LogP contribution < -0.4 is 5.32 Å². The zero-order valence-corrected chi connectivity index (χ0v) is 10.3. The minimum atomic E-state index is -1.28. The summed E-state index contributed by atoms with van der Waals surface area (Å²) in [6, 6.07) is 9.60. The first-order chi connectivity index (χ1) is 8.58. The first-order valence-electron chi connectivity index (χ1n) is 5.65. The summed E-state index contributed by atoms with van der Waals surface area (Å²) in [5, 5.41) is 11.3. The molecule has 0 aliphatic rings. The van der Waals surface area contributed by atoms with Crippen molar-refractivity contribution < 1.29 is 19.4 Å². The van der Waals surface area contributed by atoms with Crippen LogP contribution in [0.5, 0.6) is 0 Å². The van der Waals surface area contributed by atoms with Gasteiger partial charge in [-0.15, -0.1) is 0 Å². The van der Waals surface area contributed by atoms with Crippen LogP contribution in [0.2, 0.25) is 0 Å². The van der Waals surface area contributed by atoms with E-state index in [-0.39, 0.29) is 13.0 Å². The van der Waals surface area contributed by atoms with Gasteiger partial charge in [0, 0.05) is 13.0 Å². The van der Waals surface area contributed by atoms with E-state index >= 15 is 0 Å². The molecule has 1 rings (SSSR count). The first kappa shape index (κ1) is 14.2. The summed E-state index contributed by atoms with van der Waals surface area (Å²) < 4.78 is 5.39. The molecule has 1 atom stereocenters. The molecule has 5 nitrogen and oxygen atoms in total. The van der Waals surface area contributed by atoms with Gasteiger partial charge in [0.15, 0.2) is 0 Å². The van der Waals surface area contributed by atoms with E-state index in [1.165, 1.54) is 6.92 Å². The molecule has 1 amide bonds. The van der Waals surface area contributed by atoms with Crippen LogP contribution in [0.1, 0.15) is 18.9 Å². The molecule has 18 heavy (non-hydrogen) atoms. The number of nitrogens with one attached hydrogen (secondary N) is 1. The Morgan fingerprint density at radius 2 is 2.11 bits per heavy atom. The second kappa shape index (κ2) is 6.76. The van der Waals surface area contributed by atoms with Gasteiger partial charge in [0.1, 0.15) is 5.54 Å². The van der Waals surface area contributed by atoms with Crippen molar-refractivity contribution in [3.63, 3.8) is 0 Å². The van der Waals surface area contributed by atoms with Crippen molar-refractivity contribution in [2.24, 2.45) is 0 Å². The van der Waals surface area contributed by atoms with Crippen molar-refractivity contribution in [2.75, 3.05) is 6.61 Å². The van der Waals surface area contributed by atoms with Gasteiger partial charge in [-0.25, -0.2) is 4.79 Å². The summed E-state index contributed by atoms with van der Waals surface area (Å²) in [5.74, 6) is -1.07. The van der Waals surface area contributed by atoms with E-state index in [0.717, 1.165) is 5.56 Å². The van der Waals surface area contributed by atoms with Gasteiger partial charge in [-0.1, -0.05) is 30.3 Å². The zero-order valence-electron chi connectivity index (χ0n) is 10.3. The number of ether oxygens (including phenoxy) is 1. The molecule has 0 fully saturated rings. The smallest absolute Gasteiger partial charge is 0.329 e. The Hall–Kier alpha value is -1.88. The van der Waals surface area contributed by atoms with Crippen molar-refractivity contribution in [2.45, 2.75) is 25.5 Å². The lowest BCUT2D eigenvalue weighted by molar-refractivity contribution is -0.146. The molecule has 0 heterocycles. The highest BCUT2D eigenvalue weighted by Gasteiger charge is 2.31. The standard InChI is InChI=1S/C13H17NO4/c1-13(12(16)17,14-10-15)7-8-18-9-11-5-3-2-4-6-11/h2-6,10H,7-9H2,1H3,(H,14,15)(H,16,17)/t13-/m1/s1. The number of carboxylic acids is 1. The van der Waals surface area contributed by atoms with Crippen molar-refractivity contribution in [3.8, 4) is 0 Å². The number of hydrogen-bond acceptors (Lipinski definition) is 3. The quantitative estimate of drug-likeness (QED) is 0.537. The first-order valence-corrected chi connectivity index (χ1v) is 5.65. The highest BCUT2D eigenvalue weighted by atomic mass is 16.5. The van der Waals surface area contributed by atoms with Gasteiger partial charge in [-0.05, 0) is 12.5 Å². The van der Waals surface area contributed by atoms with Crippen LogP contribution in [0.15, 0.2) is 30.3 Å². The van der Waals surface area contributed by atoms with Crippen molar-refractivity contribution in [3.05, 3.63) is 35.9 Å². The van der Waals surface area contributed by atoms with E-state index in [1.807, 2.05) is 30.3 Å². The fourth-order valence-corrected chi connectivity index (χ4v) is 1.41. The summed E-state index contributed by atoms with van der Waals surface area (Å²) in [7, 11) is 0. The zero-order chi connectivity index (χ0) is 13.4. The van der Waals surface area contributed by atoms with E-state index < -0.39 is 11.5 Å². The number of carboxylic acid groups (broad SMARTS) is 1. The van der Waals surface area contributed by atoms with E-state index in [9.17, 15) is 9.59 Å². The largest absolute Gasteiger partial charge is 0.480 e. The number of carbonyl (C=O) groups is 2. The molecule has 5 heteroatoms. The second-order valence-electron chi connectivity index (χ2n) is 4.19. The molecule has 1 aromatic rings. The maximum absolute atomic E-state index is 11.0. The summed E-state index contributed by atoms with van der Waals surface area (Å²) in [6.45, 7) is 2.14. The molecule has 0 aliphatic heterocycles. The monoisotopic (exact) mass is 251 g/mol. The van der Waals surface area contributed by atoms with Gasteiger partial charge < -0.3 is 15.2 Å². The Balaban J connectivity index is 2.36. The minimum absolute atomic E-state index is 0.216. The van der Waals surface area contributed by atoms with Crippen LogP contribution in [0.3, 0.4) is 0 Å². The number of benzene rings is 1. The van der Waals surface area contributed by atoms with Crippen LogP contribution in [-0.2, 0) is 20.9 Å². The predicted octanol–water partition coefficient (Wildman–Crippen LogP) is 1.18. The van der Waals surface area contributed by atoms with Crippen LogP contribution in [0.4, 0.5) is 0 Å². The molecule has 0 radical (unpaired) electrons. The molecule has 0 aromatic heterocycles. The third kappa shape index (κ3) is 4.18. The van der Waals surface area contributed by atoms with Crippen molar-refractivity contribution in [1.29, 1.82) is 0 Å². The Labute approximate surface area is 106 Å². The van der Waals surface area contributed by atoms with Crippen LogP contribution in [0.25, 0.3) is 0 Å². The lowest BCUT2D eigenvalue weighted by Crippen LogP contribution is -2.49. The molecule has 0 spiro atoms. The van der Waals surface area contributed by atoms with E-state index in [2.05, 4.69) is 5.32 Å². The summed E-state index contributed by atoms with van der Waals surface area (Å²) >= 11 is 0. The Morgan fingerprint density at radius 3 is 2.67 bits per heavy atom. The molecule has 0 saturated carbocycles. The molecule has 0 bridgehead atoms. The van der Waals surface area contributed by atoms with E-state index in [0.29, 0.717) is 13.0 Å². The Morgan fingerprint density at radius 1 is 1.44 bits per heavy atom. The third-order valence-corrected chi connectivity index (χ3v) is 2.71. The van der Waals surface area contributed by atoms with Crippen LogP contribution in [-0.4, -0.2) is 29.6 Å². The average Bonchev–Trinajstić information content (AvgIpc) is 2.36. The number of rotatable bonds is 8. The maximum atomic E-state index is 11.0. The highest BCUT2D eigenvalue weighted by Crippen LogP contribution is 2.10. The van der Waals surface area contributed by atoms with E-state index in [1.54, 1.807) is 0 Å². The predicted molar refractivity (Wildman–Crippen MR) is 66.0 cm³/mol. The fourth-order valence-electron chi connectivity index (χ4n) is 1.41. The van der Waals surface area contributed by atoms with Crippen molar-refractivity contribution in [1.82, 2.24) is 5.32 Å². The Kier molecular flexibility index (Phi) is 5.32. The second-order valence-corrected chi connectivity index (χ2v) is 4.19. The molecule has 1 aromatic carbocycles. The minimum Gasteiger partial charge on any atom is -0.480 e. The highest BCUT2D eigenvalue weighted by molar-refractivity contribution is 5.80. The molecule has 98 valence electrons. The lowest BCUT2D eigenvalue weighted by atomic mass is 9.99. The van der Waals surface area contributed by atoms with Gasteiger partial charge in [-0.3, -0.25) is 4.79 Å². The van der Waals surface area contributed by atoms with Crippen molar-refractivity contribution >= 4 is 12.4 Å². The van der Waals surface area contributed by atoms with Crippen LogP contribution in [0, 0.1) is 0 Å². The SMILES string of the molecule is C[C@](CCOCc1ccccc1)(NC=O)C(=O)O. The fraction of sp³-hybridized carbons (Fsp3) is 0.385. The summed E-state index contributed by atoms with van der Waals surface area (Å²) in [6.07, 6.45) is 0.610. The van der Waals surface area contributed by atoms with Gasteiger partial charge in [0.25, 0.3) is 0 Å². The molecule has 0 saturated heterocycles. The molecular weight excluding hydrogens is 234 g/mol. The summed E-state index contributed by atoms with van der Waals surface area (Å²) in [5.41, 5.74) is -0.254. The van der Waals surface area contributed by atoms with Gasteiger partial charge in [-0.2, -0.15) is 0 Å². The van der Waals surface area contributed by atoms with Crippen LogP contribution >= 0.6 is 0 Å². The number of aliphatic carboxylic acids is 1. The number of carbonyl (C=O) groups excluding carboxylic acids is 1. The molecule has 0 unspecified atom stereocenters. The number of amides is 1. The third-order valence-electron chi connectivity index (χ3n) is 2.71. The molecule has 2 N–H and O–H groups in total. The number of hydrogen-bond donors (Lipinski definition) is 2.